The number of hydrogen-bond acceptors (Lipinski definition) is 7. The lowest BCUT2D eigenvalue weighted by molar-refractivity contribution is -0.274. The largest absolute Gasteiger partial charge is 0.573 e. The van der Waals surface area contributed by atoms with Gasteiger partial charge in [0.25, 0.3) is 0 Å². The predicted octanol–water partition coefficient (Wildman–Crippen LogP) is 3.47. The first-order valence-corrected chi connectivity index (χ1v) is 12.0. The van der Waals surface area contributed by atoms with Crippen molar-refractivity contribution in [1.82, 2.24) is 20.1 Å². The molecule has 0 unspecified atom stereocenters. The first-order valence-electron chi connectivity index (χ1n) is 12.0. The normalized spacial score (nSPS) is 30.4. The molecule has 1 saturated heterocycles. The Morgan fingerprint density at radius 3 is 2.56 bits per heavy atom. The van der Waals surface area contributed by atoms with Gasteiger partial charge in [-0.2, -0.15) is 0 Å². The molecule has 2 aliphatic carbocycles. The van der Waals surface area contributed by atoms with E-state index >= 15 is 0 Å². The zero-order valence-electron chi connectivity index (χ0n) is 20.2. The van der Waals surface area contributed by atoms with Crippen molar-refractivity contribution in [3.05, 3.63) is 29.6 Å². The van der Waals surface area contributed by atoms with Crippen molar-refractivity contribution in [2.45, 2.75) is 58.1 Å². The summed E-state index contributed by atoms with van der Waals surface area (Å²) >= 11 is 0. The number of nitrogens with zero attached hydrogens (tertiary/aromatic N) is 3. The highest BCUT2D eigenvalue weighted by atomic mass is 19.4. The summed E-state index contributed by atoms with van der Waals surface area (Å²) in [5.74, 6) is 0.564. The summed E-state index contributed by atoms with van der Waals surface area (Å²) in [5, 5.41) is 12.0. The van der Waals surface area contributed by atoms with Gasteiger partial charge in [0, 0.05) is 61.1 Å². The fourth-order valence-corrected chi connectivity index (χ4v) is 5.86. The number of rotatable bonds is 7. The van der Waals surface area contributed by atoms with E-state index in [1.165, 1.54) is 6.20 Å². The van der Waals surface area contributed by atoms with Gasteiger partial charge >= 0.3 is 6.36 Å². The van der Waals surface area contributed by atoms with Gasteiger partial charge in [-0.25, -0.2) is 4.98 Å². The van der Waals surface area contributed by atoms with Crippen LogP contribution < -0.4 is 15.8 Å². The number of ether oxygens (including phenoxy) is 1. The molecule has 188 valence electrons. The molecule has 34 heavy (non-hydrogen) atoms. The van der Waals surface area contributed by atoms with Gasteiger partial charge < -0.3 is 26.1 Å². The number of aromatic nitrogens is 1. The van der Waals surface area contributed by atoms with E-state index in [9.17, 15) is 13.2 Å². The van der Waals surface area contributed by atoms with E-state index in [4.69, 9.17) is 11.1 Å². The molecule has 5 atom stereocenters. The van der Waals surface area contributed by atoms with Crippen LogP contribution in [-0.4, -0.2) is 71.7 Å². The molecule has 3 aliphatic rings. The topological polar surface area (TPSA) is 90.5 Å². The lowest BCUT2D eigenvalue weighted by atomic mass is 9.99. The van der Waals surface area contributed by atoms with Gasteiger partial charge in [0.2, 0.25) is 0 Å². The summed E-state index contributed by atoms with van der Waals surface area (Å²) in [5.41, 5.74) is 6.83. The van der Waals surface area contributed by atoms with Crippen LogP contribution in [0, 0.1) is 23.2 Å². The molecular weight excluding hydrogens is 445 g/mol. The van der Waals surface area contributed by atoms with Crippen LogP contribution in [-0.2, 0) is 0 Å². The van der Waals surface area contributed by atoms with E-state index in [0.29, 0.717) is 29.8 Å². The third kappa shape index (κ3) is 5.49. The van der Waals surface area contributed by atoms with Gasteiger partial charge in [-0.1, -0.05) is 0 Å². The second-order valence-electron chi connectivity index (χ2n) is 10.3. The average Bonchev–Trinajstić information content (AvgIpc) is 3.21. The zero-order chi connectivity index (χ0) is 24.8. The third-order valence-electron chi connectivity index (χ3n) is 7.30. The van der Waals surface area contributed by atoms with E-state index in [0.717, 1.165) is 44.2 Å². The molecule has 2 heterocycles. The van der Waals surface area contributed by atoms with Crippen molar-refractivity contribution in [3.8, 4) is 5.75 Å². The minimum absolute atomic E-state index is 0.0805. The van der Waals surface area contributed by atoms with Gasteiger partial charge in [-0.15, -0.1) is 13.2 Å². The maximum Gasteiger partial charge on any atom is 0.573 e. The summed E-state index contributed by atoms with van der Waals surface area (Å²) in [6, 6.07) is 2.48. The van der Waals surface area contributed by atoms with Gasteiger partial charge in [0.1, 0.15) is 0 Å². The van der Waals surface area contributed by atoms with Crippen molar-refractivity contribution < 1.29 is 17.9 Å². The molecule has 4 N–H and O–H groups in total. The monoisotopic (exact) mass is 480 g/mol. The average molecular weight is 481 g/mol. The van der Waals surface area contributed by atoms with Crippen LogP contribution in [0.4, 0.5) is 19.0 Å². The Morgan fingerprint density at radius 2 is 1.97 bits per heavy atom. The van der Waals surface area contributed by atoms with Gasteiger partial charge in [-0.05, 0) is 64.6 Å². The van der Waals surface area contributed by atoms with Crippen molar-refractivity contribution in [1.29, 1.82) is 5.41 Å². The summed E-state index contributed by atoms with van der Waals surface area (Å²) in [7, 11) is 2.17. The molecule has 1 aromatic heterocycles. The molecule has 0 spiro atoms. The minimum Gasteiger partial charge on any atom is -0.402 e. The number of alkyl halides is 3. The number of allylic oxidation sites excluding steroid dienone is 2. The van der Waals surface area contributed by atoms with Crippen LogP contribution in [0.15, 0.2) is 24.0 Å². The molecule has 10 heteroatoms. The van der Waals surface area contributed by atoms with Gasteiger partial charge in [0.15, 0.2) is 11.6 Å². The summed E-state index contributed by atoms with van der Waals surface area (Å²) in [6.45, 7) is 9.71. The summed E-state index contributed by atoms with van der Waals surface area (Å²) in [4.78, 5) is 8.84. The molecule has 1 aliphatic heterocycles. The molecule has 0 amide bonds. The number of hydrogen-bond donors (Lipinski definition) is 3. The van der Waals surface area contributed by atoms with Crippen LogP contribution >= 0.6 is 0 Å². The fraction of sp³-hybridized carbons (Fsp3) is 0.667. The van der Waals surface area contributed by atoms with Crippen LogP contribution in [0.5, 0.6) is 5.75 Å². The quantitative estimate of drug-likeness (QED) is 0.518. The van der Waals surface area contributed by atoms with Gasteiger partial charge in [-0.3, -0.25) is 4.90 Å². The number of likely N-dealkylation sites (N-methyl/N-ethyl adjacent to an activating group) is 1. The molecule has 1 aromatic rings. The Labute approximate surface area is 199 Å². The molecule has 0 aromatic carbocycles. The van der Waals surface area contributed by atoms with Crippen LogP contribution in [0.1, 0.15) is 39.2 Å². The van der Waals surface area contributed by atoms with Crippen LogP contribution in [0.25, 0.3) is 0 Å². The summed E-state index contributed by atoms with van der Waals surface area (Å²) in [6.07, 6.45) is 0.478. The highest BCUT2D eigenvalue weighted by molar-refractivity contribution is 6.07. The number of fused-ring (bicyclic) bond motifs is 1. The predicted molar refractivity (Wildman–Crippen MR) is 126 cm³/mol. The highest BCUT2D eigenvalue weighted by Crippen LogP contribution is 2.61. The molecule has 7 nitrogen and oxygen atoms in total. The third-order valence-corrected chi connectivity index (χ3v) is 7.30. The highest BCUT2D eigenvalue weighted by Gasteiger charge is 2.58. The van der Waals surface area contributed by atoms with E-state index < -0.39 is 12.1 Å². The van der Waals surface area contributed by atoms with Crippen LogP contribution in [0.2, 0.25) is 0 Å². The Bertz CT molecular complexity index is 937. The van der Waals surface area contributed by atoms with Gasteiger partial charge in [0.05, 0.1) is 5.71 Å². The summed E-state index contributed by atoms with van der Waals surface area (Å²) < 4.78 is 42.0. The molecule has 4 rings (SSSR count). The van der Waals surface area contributed by atoms with E-state index in [2.05, 4.69) is 38.8 Å². The maximum atomic E-state index is 12.7. The standard InChI is InChI=1S/C24H35F3N6O/c1-13(2)31-20(10-19(28)15-7-21(23(29)30-11-15)34-24(25,26)27)22-17-8-16(9-18(17)22)33-6-5-32(4)12-14(33)3/h7,10-11,13-14,16-18,22,28,31H,5-6,8-9,12H2,1-4H3,(H2,29,30)/b20-10-,28-19?/t14-,16-,17+,18-,22-/m0/s1. The second-order valence-corrected chi connectivity index (χ2v) is 10.3. The molecule has 3 fully saturated rings. The molecule has 2 saturated carbocycles. The first kappa shape index (κ1) is 24.8. The second kappa shape index (κ2) is 9.37. The SMILES string of the molecule is CC(C)N/C(=C\C(=N)c1cnc(N)c(OC(F)(F)F)c1)[C@H]1[C@@H]2C[C@H](N3CCN(C)C[C@@H]3C)C[C@@H]21. The Balaban J connectivity index is 1.46. The van der Waals surface area contributed by atoms with E-state index in [-0.39, 0.29) is 23.1 Å². The number of piperazine rings is 1. The van der Waals surface area contributed by atoms with E-state index in [1.807, 2.05) is 13.8 Å². The van der Waals surface area contributed by atoms with Crippen molar-refractivity contribution in [3.63, 3.8) is 0 Å². The fourth-order valence-electron chi connectivity index (χ4n) is 5.86. The maximum absolute atomic E-state index is 12.7. The van der Waals surface area contributed by atoms with Crippen molar-refractivity contribution in [2.75, 3.05) is 32.4 Å². The molecule has 0 bridgehead atoms. The van der Waals surface area contributed by atoms with Crippen LogP contribution in [0.3, 0.4) is 0 Å². The zero-order valence-corrected chi connectivity index (χ0v) is 20.2. The number of anilines is 1. The first-order chi connectivity index (χ1) is 15.9. The molecule has 0 radical (unpaired) electrons. The van der Waals surface area contributed by atoms with Crippen molar-refractivity contribution in [2.24, 2.45) is 17.8 Å². The number of nitrogen functional groups attached to an aromatic ring is 1. The number of nitrogens with two attached hydrogens (primary N) is 1. The Morgan fingerprint density at radius 1 is 1.29 bits per heavy atom. The lowest BCUT2D eigenvalue weighted by Crippen LogP contribution is -2.54. The number of nitrogens with one attached hydrogen (secondary N) is 2. The Hall–Kier alpha value is -2.33. The number of halogens is 3. The smallest absolute Gasteiger partial charge is 0.402 e. The van der Waals surface area contributed by atoms with Crippen molar-refractivity contribution >= 4 is 11.5 Å². The Kier molecular flexibility index (Phi) is 6.83. The molecular formula is C24H35F3N6O. The lowest BCUT2D eigenvalue weighted by Gasteiger charge is -2.42. The number of pyridine rings is 1. The minimum atomic E-state index is -4.87. The van der Waals surface area contributed by atoms with E-state index in [1.54, 1.807) is 6.08 Å².